The second-order valence-electron chi connectivity index (χ2n) is 11.2. The van der Waals surface area contributed by atoms with Gasteiger partial charge < -0.3 is 23.7 Å². The van der Waals surface area contributed by atoms with Gasteiger partial charge in [-0.05, 0) is 34.3 Å². The van der Waals surface area contributed by atoms with Gasteiger partial charge in [0, 0.05) is 11.8 Å². The average molecular weight is 578 g/mol. The van der Waals surface area contributed by atoms with Crippen molar-refractivity contribution in [2.45, 2.75) is 45.0 Å². The van der Waals surface area contributed by atoms with Crippen molar-refractivity contribution in [2.24, 2.45) is 11.3 Å². The summed E-state index contributed by atoms with van der Waals surface area (Å²) < 4.78 is 26.3. The number of ether oxygens (including phenoxy) is 3. The Kier molecular flexibility index (Phi) is 8.26. The topological polar surface area (TPSA) is 74.2 Å². The molecule has 0 aromatic heterocycles. The summed E-state index contributed by atoms with van der Waals surface area (Å²) in [6.07, 6.45) is 3.90. The van der Waals surface area contributed by atoms with Crippen molar-refractivity contribution in [2.75, 3.05) is 12.5 Å². The number of alkyl halides is 1. The smallest absolute Gasteiger partial charge is 0.341 e. The van der Waals surface area contributed by atoms with E-state index in [0.29, 0.717) is 29.5 Å². The quantitative estimate of drug-likeness (QED) is 0.217. The molecule has 1 aliphatic heterocycles. The van der Waals surface area contributed by atoms with E-state index in [1.54, 1.807) is 12.1 Å². The van der Waals surface area contributed by atoms with E-state index in [-0.39, 0.29) is 17.4 Å². The number of carbonyl (C=O) groups is 1. The van der Waals surface area contributed by atoms with Gasteiger partial charge in [0.05, 0.1) is 0 Å². The molecule has 209 valence electrons. The molecule has 0 bridgehead atoms. The van der Waals surface area contributed by atoms with Crippen LogP contribution in [-0.2, 0) is 9.22 Å². The van der Waals surface area contributed by atoms with Crippen molar-refractivity contribution >= 4 is 37.0 Å². The number of halogens is 1. The monoisotopic (exact) mass is 577 g/mol. The minimum atomic E-state index is -1.73. The Hall–Kier alpha value is -3.26. The molecular formula is C32H34ClO6Si. The van der Waals surface area contributed by atoms with Gasteiger partial charge in [0.15, 0.2) is 24.2 Å². The van der Waals surface area contributed by atoms with Crippen LogP contribution >= 0.6 is 11.6 Å². The van der Waals surface area contributed by atoms with Gasteiger partial charge in [0.25, 0.3) is 9.04 Å². The van der Waals surface area contributed by atoms with Crippen molar-refractivity contribution in [1.29, 1.82) is 0 Å². The number of fused-ring (bicyclic) bond motifs is 2. The molecule has 1 saturated carbocycles. The molecule has 5 rings (SSSR count). The van der Waals surface area contributed by atoms with Crippen molar-refractivity contribution in [3.63, 3.8) is 0 Å². The molecule has 3 aromatic carbocycles. The van der Waals surface area contributed by atoms with Gasteiger partial charge in [-0.25, -0.2) is 4.79 Å². The second kappa shape index (κ2) is 11.7. The number of aliphatic carboxylic acids is 1. The zero-order valence-electron chi connectivity index (χ0n) is 22.9. The van der Waals surface area contributed by atoms with E-state index in [0.717, 1.165) is 10.4 Å². The Balaban J connectivity index is 1.62. The van der Waals surface area contributed by atoms with E-state index in [1.165, 1.54) is 0 Å². The van der Waals surface area contributed by atoms with Crippen LogP contribution in [0.25, 0.3) is 0 Å². The molecule has 1 radical (unpaired) electrons. The van der Waals surface area contributed by atoms with E-state index in [9.17, 15) is 4.79 Å². The Labute approximate surface area is 242 Å². The first-order valence-electron chi connectivity index (χ1n) is 13.4. The number of hydrogen-bond donors (Lipinski definition) is 1. The number of benzene rings is 3. The Bertz CT molecular complexity index is 1300. The van der Waals surface area contributed by atoms with Gasteiger partial charge in [-0.15, -0.1) is 11.6 Å². The lowest BCUT2D eigenvalue weighted by Gasteiger charge is -2.46. The standard InChI is InChI=1S/C32H34ClO6Si/c1-31(2,3)27-20-26-30(38-25-17-10-16-24(29(25)37-26)36-21-28(34)35)32(27,18-11-19-33)39-40(22-12-6-4-7-13-22)23-14-8-5-9-15-23/h4-18,26-27,30H,19-21H2,1-3H3,(H,34,35)/t26-,27+,30+,32+/m0/s1. The van der Waals surface area contributed by atoms with Crippen molar-refractivity contribution < 1.29 is 28.5 Å². The lowest BCUT2D eigenvalue weighted by molar-refractivity contribution is -0.139. The summed E-state index contributed by atoms with van der Waals surface area (Å²) in [5.41, 5.74) is -1.02. The Morgan fingerprint density at radius 2 is 1.68 bits per heavy atom. The summed E-state index contributed by atoms with van der Waals surface area (Å²) in [5, 5.41) is 11.4. The van der Waals surface area contributed by atoms with Gasteiger partial charge in [-0.3, -0.25) is 0 Å². The number of carboxylic acids is 1. The molecular weight excluding hydrogens is 544 g/mol. The van der Waals surface area contributed by atoms with Crippen molar-refractivity contribution in [3.8, 4) is 17.2 Å². The Morgan fingerprint density at radius 3 is 2.25 bits per heavy atom. The van der Waals surface area contributed by atoms with E-state index < -0.39 is 33.3 Å². The highest BCUT2D eigenvalue weighted by Crippen LogP contribution is 2.55. The molecule has 2 aliphatic rings. The maximum atomic E-state index is 11.2. The number of para-hydroxylation sites is 1. The maximum Gasteiger partial charge on any atom is 0.341 e. The molecule has 4 atom stereocenters. The fraction of sp³-hybridized carbons (Fsp3) is 0.344. The summed E-state index contributed by atoms with van der Waals surface area (Å²) in [4.78, 5) is 11.2. The van der Waals surface area contributed by atoms with E-state index in [2.05, 4.69) is 51.1 Å². The largest absolute Gasteiger partial charge is 0.479 e. The molecule has 1 heterocycles. The zero-order valence-corrected chi connectivity index (χ0v) is 24.6. The molecule has 3 aromatic rings. The first kappa shape index (κ1) is 28.3. The highest BCUT2D eigenvalue weighted by atomic mass is 35.5. The maximum absolute atomic E-state index is 11.2. The third-order valence-electron chi connectivity index (χ3n) is 7.48. The minimum absolute atomic E-state index is 0.0135. The van der Waals surface area contributed by atoms with Gasteiger partial charge in [0.1, 0.15) is 11.7 Å². The average Bonchev–Trinajstić information content (AvgIpc) is 3.27. The van der Waals surface area contributed by atoms with Gasteiger partial charge in [-0.2, -0.15) is 0 Å². The molecule has 1 fully saturated rings. The predicted octanol–water partition coefficient (Wildman–Crippen LogP) is 5.08. The zero-order chi connectivity index (χ0) is 28.3. The summed E-state index contributed by atoms with van der Waals surface area (Å²) in [5.74, 6) is 0.558. The van der Waals surface area contributed by atoms with E-state index in [4.69, 9.17) is 35.3 Å². The predicted molar refractivity (Wildman–Crippen MR) is 158 cm³/mol. The molecule has 6 nitrogen and oxygen atoms in total. The lowest BCUT2D eigenvalue weighted by atomic mass is 9.71. The van der Waals surface area contributed by atoms with Crippen LogP contribution in [0.4, 0.5) is 0 Å². The highest BCUT2D eigenvalue weighted by molar-refractivity contribution is 6.80. The van der Waals surface area contributed by atoms with Crippen molar-refractivity contribution in [1.82, 2.24) is 0 Å². The fourth-order valence-electron chi connectivity index (χ4n) is 5.83. The molecule has 1 N–H and O–H groups in total. The number of carboxylic acid groups (broad SMARTS) is 1. The number of allylic oxidation sites excluding steroid dienone is 1. The van der Waals surface area contributed by atoms with Crippen LogP contribution in [0.5, 0.6) is 17.2 Å². The number of hydrogen-bond acceptors (Lipinski definition) is 5. The molecule has 0 saturated heterocycles. The molecule has 0 amide bonds. The lowest BCUT2D eigenvalue weighted by Crippen LogP contribution is -2.60. The molecule has 40 heavy (non-hydrogen) atoms. The summed E-state index contributed by atoms with van der Waals surface area (Å²) >= 11 is 6.24. The normalized spacial score (nSPS) is 23.8. The first-order valence-corrected chi connectivity index (χ1v) is 15.4. The molecule has 0 unspecified atom stereocenters. The summed E-state index contributed by atoms with van der Waals surface area (Å²) in [7, 11) is -1.73. The highest BCUT2D eigenvalue weighted by Gasteiger charge is 2.63. The molecule has 1 aliphatic carbocycles. The number of rotatable bonds is 9. The van der Waals surface area contributed by atoms with Crippen LogP contribution in [-0.4, -0.2) is 50.4 Å². The first-order chi connectivity index (χ1) is 19.2. The van der Waals surface area contributed by atoms with Crippen LogP contribution in [0.2, 0.25) is 0 Å². The van der Waals surface area contributed by atoms with Crippen LogP contribution < -0.4 is 24.6 Å². The van der Waals surface area contributed by atoms with Gasteiger partial charge in [0.2, 0.25) is 5.75 Å². The SMILES string of the molecule is CC(C)(C)[C@H]1C[C@@H]2Oc3c(OCC(=O)O)cccc3O[C@H]2[C@]1(C=CCCl)O[Si](c1ccccc1)c1ccccc1. The van der Waals surface area contributed by atoms with Crippen molar-refractivity contribution in [3.05, 3.63) is 91.0 Å². The van der Waals surface area contributed by atoms with E-state index in [1.807, 2.05) is 48.5 Å². The molecule has 8 heteroatoms. The van der Waals surface area contributed by atoms with E-state index >= 15 is 0 Å². The van der Waals surface area contributed by atoms with Crippen LogP contribution in [0.3, 0.4) is 0 Å². The summed E-state index contributed by atoms with van der Waals surface area (Å²) in [6.45, 7) is 6.18. The second-order valence-corrected chi connectivity index (χ2v) is 13.5. The Morgan fingerprint density at radius 1 is 1.02 bits per heavy atom. The van der Waals surface area contributed by atoms with Crippen LogP contribution in [0.1, 0.15) is 27.2 Å². The minimum Gasteiger partial charge on any atom is -0.479 e. The third kappa shape index (κ3) is 5.64. The molecule has 0 spiro atoms. The van der Waals surface area contributed by atoms with Gasteiger partial charge in [-0.1, -0.05) is 99.7 Å². The summed E-state index contributed by atoms with van der Waals surface area (Å²) in [6, 6.07) is 26.0. The van der Waals surface area contributed by atoms with Crippen LogP contribution in [0, 0.1) is 11.3 Å². The van der Waals surface area contributed by atoms with Crippen LogP contribution in [0.15, 0.2) is 91.0 Å². The van der Waals surface area contributed by atoms with Gasteiger partial charge >= 0.3 is 5.97 Å². The fourth-order valence-corrected chi connectivity index (χ4v) is 8.15. The third-order valence-corrected chi connectivity index (χ3v) is 9.93.